The largest absolute Gasteiger partial charge is 0.465 e. The van der Waals surface area contributed by atoms with Crippen molar-refractivity contribution in [3.8, 4) is 5.75 Å². The Balaban J connectivity index is 2.12. The highest BCUT2D eigenvalue weighted by molar-refractivity contribution is 6.25. The summed E-state index contributed by atoms with van der Waals surface area (Å²) in [4.78, 5) is 11.6. The van der Waals surface area contributed by atoms with Crippen molar-refractivity contribution in [3.63, 3.8) is 0 Å². The van der Waals surface area contributed by atoms with Gasteiger partial charge >= 0.3 is 5.97 Å². The molecule has 16 heavy (non-hydrogen) atoms. The van der Waals surface area contributed by atoms with Crippen LogP contribution in [0.2, 0.25) is 0 Å². The molecule has 0 radical (unpaired) electrons. The molecule has 1 aliphatic rings. The number of carbonyl (C=O) groups excluding carboxylic acids is 1. The van der Waals surface area contributed by atoms with Crippen LogP contribution in [0.4, 0.5) is 0 Å². The monoisotopic (exact) mass is 212 g/mol. The third kappa shape index (κ3) is 1.34. The van der Waals surface area contributed by atoms with Crippen LogP contribution in [0.3, 0.4) is 0 Å². The molecule has 78 valence electrons. The molecule has 1 aromatic heterocycles. The lowest BCUT2D eigenvalue weighted by Crippen LogP contribution is -2.00. The molecule has 3 nitrogen and oxygen atoms in total. The van der Waals surface area contributed by atoms with Crippen molar-refractivity contribution >= 4 is 17.6 Å². The van der Waals surface area contributed by atoms with Gasteiger partial charge in [0.05, 0.1) is 11.8 Å². The normalized spacial score (nSPS) is 16.2. The van der Waals surface area contributed by atoms with Gasteiger partial charge in [0.1, 0.15) is 11.5 Å². The number of para-hydroxylation sites is 1. The minimum atomic E-state index is -0.336. The molecular formula is C13H8O3. The molecule has 0 amide bonds. The molecule has 0 saturated carbocycles. The van der Waals surface area contributed by atoms with Gasteiger partial charge in [-0.2, -0.15) is 0 Å². The summed E-state index contributed by atoms with van der Waals surface area (Å²) < 4.78 is 10.3. The molecule has 0 N–H and O–H groups in total. The molecule has 1 aliphatic heterocycles. The molecule has 0 atom stereocenters. The van der Waals surface area contributed by atoms with Gasteiger partial charge in [-0.05, 0) is 24.3 Å². The first kappa shape index (κ1) is 8.97. The summed E-state index contributed by atoms with van der Waals surface area (Å²) in [7, 11) is 0. The Hall–Kier alpha value is -2.29. The molecule has 2 aromatic rings. The first-order valence-corrected chi connectivity index (χ1v) is 4.91. The number of benzene rings is 1. The SMILES string of the molecule is O=C1Oc2ccccc2C1=Cc1ccco1. The van der Waals surface area contributed by atoms with E-state index in [0.29, 0.717) is 17.1 Å². The fourth-order valence-electron chi connectivity index (χ4n) is 1.70. The van der Waals surface area contributed by atoms with Crippen LogP contribution in [0.5, 0.6) is 5.75 Å². The van der Waals surface area contributed by atoms with Crippen molar-refractivity contribution in [1.82, 2.24) is 0 Å². The summed E-state index contributed by atoms with van der Waals surface area (Å²) in [5.74, 6) is 0.909. The van der Waals surface area contributed by atoms with Gasteiger partial charge in [0.15, 0.2) is 0 Å². The molecule has 0 fully saturated rings. The van der Waals surface area contributed by atoms with Crippen molar-refractivity contribution in [1.29, 1.82) is 0 Å². The van der Waals surface area contributed by atoms with E-state index < -0.39 is 0 Å². The number of furan rings is 1. The Morgan fingerprint density at radius 2 is 1.94 bits per heavy atom. The molecule has 0 aliphatic carbocycles. The highest BCUT2D eigenvalue weighted by Gasteiger charge is 2.26. The third-order valence-electron chi connectivity index (χ3n) is 2.43. The van der Waals surface area contributed by atoms with Crippen molar-refractivity contribution in [3.05, 3.63) is 54.0 Å². The van der Waals surface area contributed by atoms with Gasteiger partial charge < -0.3 is 9.15 Å². The Morgan fingerprint density at radius 1 is 1.06 bits per heavy atom. The zero-order valence-electron chi connectivity index (χ0n) is 8.34. The van der Waals surface area contributed by atoms with Crippen LogP contribution in [0, 0.1) is 0 Å². The molecule has 0 spiro atoms. The molecule has 2 heterocycles. The molecule has 1 aromatic carbocycles. The summed E-state index contributed by atoms with van der Waals surface area (Å²) in [6, 6.07) is 10.9. The summed E-state index contributed by atoms with van der Waals surface area (Å²) in [6.45, 7) is 0. The van der Waals surface area contributed by atoms with Crippen LogP contribution in [-0.4, -0.2) is 5.97 Å². The fraction of sp³-hybridized carbons (Fsp3) is 0. The van der Waals surface area contributed by atoms with Gasteiger partial charge in [0.2, 0.25) is 0 Å². The van der Waals surface area contributed by atoms with Crippen LogP contribution in [-0.2, 0) is 4.79 Å². The number of ether oxygens (including phenoxy) is 1. The Bertz CT molecular complexity index is 565. The first-order valence-electron chi connectivity index (χ1n) is 4.91. The van der Waals surface area contributed by atoms with E-state index in [1.807, 2.05) is 18.2 Å². The van der Waals surface area contributed by atoms with Crippen LogP contribution in [0.15, 0.2) is 47.1 Å². The Labute approximate surface area is 92.0 Å². The van der Waals surface area contributed by atoms with E-state index in [9.17, 15) is 4.79 Å². The zero-order valence-corrected chi connectivity index (χ0v) is 8.34. The Kier molecular flexibility index (Phi) is 1.90. The predicted octanol–water partition coefficient (Wildman–Crippen LogP) is 2.74. The van der Waals surface area contributed by atoms with Crippen molar-refractivity contribution < 1.29 is 13.9 Å². The van der Waals surface area contributed by atoms with Gasteiger partial charge in [0, 0.05) is 5.56 Å². The Morgan fingerprint density at radius 3 is 2.75 bits per heavy atom. The molecule has 3 heteroatoms. The summed E-state index contributed by atoms with van der Waals surface area (Å²) in [5.41, 5.74) is 1.34. The van der Waals surface area contributed by atoms with E-state index in [1.54, 1.807) is 30.5 Å². The third-order valence-corrected chi connectivity index (χ3v) is 2.43. The highest BCUT2D eigenvalue weighted by atomic mass is 16.5. The number of rotatable bonds is 1. The number of hydrogen-bond acceptors (Lipinski definition) is 3. The van der Waals surface area contributed by atoms with Crippen LogP contribution < -0.4 is 4.74 Å². The van der Waals surface area contributed by atoms with Crippen molar-refractivity contribution in [2.75, 3.05) is 0 Å². The van der Waals surface area contributed by atoms with Gasteiger partial charge in [-0.15, -0.1) is 0 Å². The molecule has 0 unspecified atom stereocenters. The van der Waals surface area contributed by atoms with E-state index in [2.05, 4.69) is 0 Å². The number of carbonyl (C=O) groups is 1. The number of hydrogen-bond donors (Lipinski definition) is 0. The maximum Gasteiger partial charge on any atom is 0.344 e. The second-order valence-corrected chi connectivity index (χ2v) is 3.46. The van der Waals surface area contributed by atoms with Crippen LogP contribution in [0.1, 0.15) is 11.3 Å². The predicted molar refractivity (Wildman–Crippen MR) is 58.7 cm³/mol. The smallest absolute Gasteiger partial charge is 0.344 e. The number of fused-ring (bicyclic) bond motifs is 1. The first-order chi connectivity index (χ1) is 7.84. The summed E-state index contributed by atoms with van der Waals surface area (Å²) in [6.07, 6.45) is 3.26. The van der Waals surface area contributed by atoms with E-state index in [0.717, 1.165) is 5.56 Å². The summed E-state index contributed by atoms with van der Waals surface area (Å²) in [5, 5.41) is 0. The van der Waals surface area contributed by atoms with Gasteiger partial charge in [-0.1, -0.05) is 18.2 Å². The second-order valence-electron chi connectivity index (χ2n) is 3.46. The molecule has 0 saturated heterocycles. The minimum Gasteiger partial charge on any atom is -0.465 e. The lowest BCUT2D eigenvalue weighted by molar-refractivity contribution is -0.126. The maximum absolute atomic E-state index is 11.6. The van der Waals surface area contributed by atoms with E-state index >= 15 is 0 Å². The van der Waals surface area contributed by atoms with Crippen LogP contribution >= 0.6 is 0 Å². The van der Waals surface area contributed by atoms with E-state index in [-0.39, 0.29) is 5.97 Å². The van der Waals surface area contributed by atoms with E-state index in [1.165, 1.54) is 0 Å². The van der Waals surface area contributed by atoms with Gasteiger partial charge in [-0.3, -0.25) is 0 Å². The quantitative estimate of drug-likeness (QED) is 0.414. The average molecular weight is 212 g/mol. The molecular weight excluding hydrogens is 204 g/mol. The van der Waals surface area contributed by atoms with Crippen molar-refractivity contribution in [2.45, 2.75) is 0 Å². The van der Waals surface area contributed by atoms with E-state index in [4.69, 9.17) is 9.15 Å². The minimum absolute atomic E-state index is 0.336. The maximum atomic E-state index is 11.6. The average Bonchev–Trinajstić information content (AvgIpc) is 2.89. The summed E-state index contributed by atoms with van der Waals surface area (Å²) >= 11 is 0. The second kappa shape index (κ2) is 3.38. The lowest BCUT2D eigenvalue weighted by Gasteiger charge is -1.93. The standard InChI is InChI=1S/C13H8O3/c14-13-11(8-9-4-3-7-15-9)10-5-1-2-6-12(10)16-13/h1-8H. The van der Waals surface area contributed by atoms with Crippen LogP contribution in [0.25, 0.3) is 11.6 Å². The molecule has 0 bridgehead atoms. The highest BCUT2D eigenvalue weighted by Crippen LogP contribution is 2.34. The molecule has 3 rings (SSSR count). The van der Waals surface area contributed by atoms with Gasteiger partial charge in [-0.25, -0.2) is 4.79 Å². The zero-order chi connectivity index (χ0) is 11.0. The topological polar surface area (TPSA) is 39.4 Å². The lowest BCUT2D eigenvalue weighted by atomic mass is 10.1. The van der Waals surface area contributed by atoms with Gasteiger partial charge in [0.25, 0.3) is 0 Å². The van der Waals surface area contributed by atoms with Crippen molar-refractivity contribution in [2.24, 2.45) is 0 Å². The number of esters is 1. The fourth-order valence-corrected chi connectivity index (χ4v) is 1.70.